The fraction of sp³-hybridized carbons (Fsp3) is 0.778. The average Bonchev–Trinajstić information content (AvgIpc) is 2.21. The Bertz CT molecular complexity index is 198. The average molecular weight is 214 g/mol. The lowest BCUT2D eigenvalue weighted by molar-refractivity contribution is -0.129. The minimum absolute atomic E-state index is 0.0833. The minimum Gasteiger partial charge on any atom is -0.354 e. The van der Waals surface area contributed by atoms with E-state index in [1.165, 1.54) is 0 Å². The van der Waals surface area contributed by atoms with Crippen LogP contribution in [-0.2, 0) is 9.59 Å². The van der Waals surface area contributed by atoms with Gasteiger partial charge in [-0.15, -0.1) is 0 Å². The summed E-state index contributed by atoms with van der Waals surface area (Å²) in [6, 6.07) is 0. The first-order valence-electron chi connectivity index (χ1n) is 5.24. The Morgan fingerprint density at radius 1 is 0.667 bits per heavy atom. The molecule has 0 aromatic carbocycles. The Kier molecular flexibility index (Phi) is 5.72. The molecule has 0 spiro atoms. The van der Waals surface area contributed by atoms with Gasteiger partial charge in [-0.1, -0.05) is 0 Å². The standard InChI is InChI=1S/C9H18N4O2/c14-8-7-9(15)13-6-4-11-2-1-10-3-5-12-8/h10-11H,1-7H2,(H,12,14)(H,13,15). The van der Waals surface area contributed by atoms with Gasteiger partial charge >= 0.3 is 0 Å². The number of nitrogens with one attached hydrogen (secondary N) is 4. The summed E-state index contributed by atoms with van der Waals surface area (Å²) in [6.07, 6.45) is -0.0833. The van der Waals surface area contributed by atoms with Gasteiger partial charge in [0.1, 0.15) is 6.42 Å². The fourth-order valence-electron chi connectivity index (χ4n) is 1.28. The first kappa shape index (κ1) is 11.9. The molecule has 0 aromatic rings. The van der Waals surface area contributed by atoms with Crippen molar-refractivity contribution in [1.29, 1.82) is 0 Å². The highest BCUT2D eigenvalue weighted by molar-refractivity contribution is 5.96. The van der Waals surface area contributed by atoms with E-state index in [4.69, 9.17) is 0 Å². The summed E-state index contributed by atoms with van der Waals surface area (Å²) in [4.78, 5) is 22.4. The predicted octanol–water partition coefficient (Wildman–Crippen LogP) is -2.20. The third-order valence-electron chi connectivity index (χ3n) is 2.05. The van der Waals surface area contributed by atoms with E-state index in [0.717, 1.165) is 26.2 Å². The molecule has 1 heterocycles. The van der Waals surface area contributed by atoms with Gasteiger partial charge in [-0.3, -0.25) is 9.59 Å². The molecule has 6 heteroatoms. The molecule has 0 saturated carbocycles. The Hall–Kier alpha value is -1.14. The normalized spacial score (nSPS) is 21.6. The van der Waals surface area contributed by atoms with Crippen LogP contribution in [0.15, 0.2) is 0 Å². The maximum Gasteiger partial charge on any atom is 0.229 e. The molecule has 1 aliphatic heterocycles. The van der Waals surface area contributed by atoms with Crippen LogP contribution in [0, 0.1) is 0 Å². The van der Waals surface area contributed by atoms with Crippen LogP contribution in [0.25, 0.3) is 0 Å². The van der Waals surface area contributed by atoms with Gasteiger partial charge in [-0.2, -0.15) is 0 Å². The SMILES string of the molecule is O=C1CC(=O)NCCNCCNCCN1. The third kappa shape index (κ3) is 6.03. The summed E-state index contributed by atoms with van der Waals surface area (Å²) >= 11 is 0. The molecule has 0 bridgehead atoms. The quantitative estimate of drug-likeness (QED) is 0.345. The van der Waals surface area contributed by atoms with Gasteiger partial charge in [0, 0.05) is 39.3 Å². The molecule has 1 saturated heterocycles. The summed E-state index contributed by atoms with van der Waals surface area (Å²) < 4.78 is 0. The van der Waals surface area contributed by atoms with Crippen LogP contribution in [0.5, 0.6) is 0 Å². The molecule has 1 fully saturated rings. The highest BCUT2D eigenvalue weighted by Gasteiger charge is 2.08. The van der Waals surface area contributed by atoms with Crippen molar-refractivity contribution in [3.05, 3.63) is 0 Å². The first-order chi connectivity index (χ1) is 7.29. The van der Waals surface area contributed by atoms with Crippen LogP contribution >= 0.6 is 0 Å². The lowest BCUT2D eigenvalue weighted by Gasteiger charge is -2.05. The number of carbonyl (C=O) groups is 2. The highest BCUT2D eigenvalue weighted by Crippen LogP contribution is 1.80. The van der Waals surface area contributed by atoms with E-state index in [0.29, 0.717) is 13.1 Å². The Morgan fingerprint density at radius 3 is 1.53 bits per heavy atom. The Labute approximate surface area is 89.2 Å². The van der Waals surface area contributed by atoms with E-state index in [9.17, 15) is 9.59 Å². The van der Waals surface area contributed by atoms with Crippen molar-refractivity contribution in [3.63, 3.8) is 0 Å². The molecule has 6 nitrogen and oxygen atoms in total. The molecule has 2 amide bonds. The van der Waals surface area contributed by atoms with Crippen molar-refractivity contribution in [3.8, 4) is 0 Å². The minimum atomic E-state index is -0.221. The van der Waals surface area contributed by atoms with Crippen molar-refractivity contribution >= 4 is 11.8 Å². The lowest BCUT2D eigenvalue weighted by atomic mass is 10.3. The highest BCUT2D eigenvalue weighted by atomic mass is 16.2. The van der Waals surface area contributed by atoms with E-state index in [-0.39, 0.29) is 18.2 Å². The summed E-state index contributed by atoms with van der Waals surface area (Å²) in [5.41, 5.74) is 0. The topological polar surface area (TPSA) is 82.3 Å². The van der Waals surface area contributed by atoms with Crippen LogP contribution in [0.3, 0.4) is 0 Å². The van der Waals surface area contributed by atoms with Gasteiger partial charge < -0.3 is 21.3 Å². The molecule has 4 N–H and O–H groups in total. The van der Waals surface area contributed by atoms with Gasteiger partial charge in [-0.25, -0.2) is 0 Å². The summed E-state index contributed by atoms with van der Waals surface area (Å²) in [6.45, 7) is 4.32. The molecule has 0 atom stereocenters. The van der Waals surface area contributed by atoms with Crippen molar-refractivity contribution in [2.75, 3.05) is 39.3 Å². The van der Waals surface area contributed by atoms with Crippen LogP contribution in [0.1, 0.15) is 6.42 Å². The second-order valence-electron chi connectivity index (χ2n) is 3.38. The fourth-order valence-corrected chi connectivity index (χ4v) is 1.28. The third-order valence-corrected chi connectivity index (χ3v) is 2.05. The molecule has 1 aliphatic rings. The van der Waals surface area contributed by atoms with Gasteiger partial charge in [0.15, 0.2) is 0 Å². The number of hydrogen-bond acceptors (Lipinski definition) is 4. The van der Waals surface area contributed by atoms with Crippen molar-refractivity contribution in [2.24, 2.45) is 0 Å². The number of rotatable bonds is 0. The summed E-state index contributed by atoms with van der Waals surface area (Å²) in [7, 11) is 0. The molecule has 0 aliphatic carbocycles. The molecule has 1 rings (SSSR count). The Balaban J connectivity index is 2.29. The second kappa shape index (κ2) is 7.19. The van der Waals surface area contributed by atoms with Gasteiger partial charge in [0.05, 0.1) is 0 Å². The van der Waals surface area contributed by atoms with Crippen LogP contribution in [0.4, 0.5) is 0 Å². The van der Waals surface area contributed by atoms with Crippen LogP contribution in [0.2, 0.25) is 0 Å². The van der Waals surface area contributed by atoms with E-state index in [1.807, 2.05) is 0 Å². The maximum atomic E-state index is 11.2. The largest absolute Gasteiger partial charge is 0.354 e. The molecule has 0 radical (unpaired) electrons. The lowest BCUT2D eigenvalue weighted by Crippen LogP contribution is -2.36. The zero-order valence-corrected chi connectivity index (χ0v) is 8.77. The first-order valence-corrected chi connectivity index (χ1v) is 5.24. The molecule has 0 unspecified atom stereocenters. The summed E-state index contributed by atoms with van der Waals surface area (Å²) in [5, 5.41) is 11.7. The van der Waals surface area contributed by atoms with Crippen LogP contribution < -0.4 is 21.3 Å². The Morgan fingerprint density at radius 2 is 1.07 bits per heavy atom. The van der Waals surface area contributed by atoms with E-state index in [2.05, 4.69) is 21.3 Å². The molecular weight excluding hydrogens is 196 g/mol. The zero-order valence-electron chi connectivity index (χ0n) is 8.77. The molecule has 15 heavy (non-hydrogen) atoms. The molecular formula is C9H18N4O2. The van der Waals surface area contributed by atoms with E-state index < -0.39 is 0 Å². The second-order valence-corrected chi connectivity index (χ2v) is 3.38. The van der Waals surface area contributed by atoms with Crippen LogP contribution in [-0.4, -0.2) is 51.1 Å². The van der Waals surface area contributed by atoms with E-state index >= 15 is 0 Å². The van der Waals surface area contributed by atoms with Gasteiger partial charge in [-0.05, 0) is 0 Å². The zero-order chi connectivity index (χ0) is 10.9. The molecule has 0 aromatic heterocycles. The predicted molar refractivity (Wildman–Crippen MR) is 56.4 cm³/mol. The maximum absolute atomic E-state index is 11.2. The number of carbonyl (C=O) groups excluding carboxylic acids is 2. The summed E-state index contributed by atoms with van der Waals surface area (Å²) in [5.74, 6) is -0.442. The number of amides is 2. The molecule has 86 valence electrons. The number of hydrogen-bond donors (Lipinski definition) is 4. The van der Waals surface area contributed by atoms with Gasteiger partial charge in [0.25, 0.3) is 0 Å². The smallest absolute Gasteiger partial charge is 0.229 e. The van der Waals surface area contributed by atoms with Gasteiger partial charge in [0.2, 0.25) is 11.8 Å². The monoisotopic (exact) mass is 214 g/mol. The van der Waals surface area contributed by atoms with Crippen molar-refractivity contribution in [2.45, 2.75) is 6.42 Å². The van der Waals surface area contributed by atoms with Crippen molar-refractivity contribution in [1.82, 2.24) is 21.3 Å². The van der Waals surface area contributed by atoms with Crippen molar-refractivity contribution < 1.29 is 9.59 Å². The van der Waals surface area contributed by atoms with E-state index in [1.54, 1.807) is 0 Å².